The summed E-state index contributed by atoms with van der Waals surface area (Å²) >= 11 is 2.74. The molecule has 2 heterocycles. The molecule has 0 atom stereocenters. The van der Waals surface area contributed by atoms with Gasteiger partial charge in [0.15, 0.2) is 0 Å². The van der Waals surface area contributed by atoms with Gasteiger partial charge in [-0.25, -0.2) is 4.98 Å². The number of carbonyl (C=O) groups is 1. The number of nitrogens with zero attached hydrogens (tertiary/aromatic N) is 3. The van der Waals surface area contributed by atoms with E-state index >= 15 is 0 Å². The Hall–Kier alpha value is -1.34. The van der Waals surface area contributed by atoms with E-state index in [1.807, 2.05) is 20.8 Å². The first-order chi connectivity index (χ1) is 7.56. The number of nitrogens with one attached hydrogen (secondary N) is 1. The molecule has 0 aliphatic heterocycles. The molecular formula is C9H10N4OS2. The van der Waals surface area contributed by atoms with Crippen LogP contribution < -0.4 is 5.32 Å². The van der Waals surface area contributed by atoms with Crippen molar-refractivity contribution < 1.29 is 4.79 Å². The van der Waals surface area contributed by atoms with Crippen molar-refractivity contribution in [2.45, 2.75) is 20.8 Å². The molecule has 0 aromatic carbocycles. The van der Waals surface area contributed by atoms with Crippen LogP contribution in [-0.2, 0) is 0 Å². The highest BCUT2D eigenvalue weighted by Gasteiger charge is 2.15. The minimum atomic E-state index is -0.167. The lowest BCUT2D eigenvalue weighted by Crippen LogP contribution is -2.11. The monoisotopic (exact) mass is 254 g/mol. The van der Waals surface area contributed by atoms with Gasteiger partial charge in [0.2, 0.25) is 5.13 Å². The first kappa shape index (κ1) is 11.2. The molecule has 84 valence electrons. The van der Waals surface area contributed by atoms with E-state index in [0.717, 1.165) is 15.7 Å². The zero-order valence-corrected chi connectivity index (χ0v) is 10.7. The van der Waals surface area contributed by atoms with Gasteiger partial charge in [0, 0.05) is 0 Å². The molecule has 16 heavy (non-hydrogen) atoms. The van der Waals surface area contributed by atoms with Crippen LogP contribution in [0.15, 0.2) is 0 Å². The van der Waals surface area contributed by atoms with Crippen molar-refractivity contribution in [3.63, 3.8) is 0 Å². The van der Waals surface area contributed by atoms with Crippen molar-refractivity contribution >= 4 is 33.7 Å². The number of carbonyl (C=O) groups excluding carboxylic acids is 1. The summed E-state index contributed by atoms with van der Waals surface area (Å²) in [6.45, 7) is 5.54. The minimum absolute atomic E-state index is 0.167. The molecule has 0 fully saturated rings. The van der Waals surface area contributed by atoms with Gasteiger partial charge in [0.05, 0.1) is 10.7 Å². The van der Waals surface area contributed by atoms with Crippen LogP contribution in [0.4, 0.5) is 5.13 Å². The third-order valence-electron chi connectivity index (χ3n) is 1.86. The highest BCUT2D eigenvalue weighted by molar-refractivity contribution is 7.16. The Bertz CT molecular complexity index is 531. The number of anilines is 1. The third-order valence-corrected chi connectivity index (χ3v) is 3.68. The SMILES string of the molecule is Cc1nnc(NC(=O)c2sc(C)nc2C)s1. The molecular weight excluding hydrogens is 244 g/mol. The first-order valence-corrected chi connectivity index (χ1v) is 6.25. The van der Waals surface area contributed by atoms with E-state index in [4.69, 9.17) is 0 Å². The Morgan fingerprint density at radius 3 is 2.38 bits per heavy atom. The highest BCUT2D eigenvalue weighted by atomic mass is 32.1. The number of aryl methyl sites for hydroxylation is 3. The zero-order valence-electron chi connectivity index (χ0n) is 9.07. The molecule has 0 aliphatic carbocycles. The highest BCUT2D eigenvalue weighted by Crippen LogP contribution is 2.20. The normalized spacial score (nSPS) is 10.4. The standard InChI is InChI=1S/C9H10N4OS2/c1-4-7(15-5(2)10-4)8(14)11-9-13-12-6(3)16-9/h1-3H3,(H,11,13,14). The van der Waals surface area contributed by atoms with E-state index in [2.05, 4.69) is 20.5 Å². The summed E-state index contributed by atoms with van der Waals surface area (Å²) in [6.07, 6.45) is 0. The lowest BCUT2D eigenvalue weighted by molar-refractivity contribution is 0.102. The third kappa shape index (κ3) is 2.25. The second-order valence-electron chi connectivity index (χ2n) is 3.23. The summed E-state index contributed by atoms with van der Waals surface area (Å²) < 4.78 is 0. The van der Waals surface area contributed by atoms with Gasteiger partial charge in [-0.15, -0.1) is 21.5 Å². The molecule has 2 rings (SSSR count). The van der Waals surface area contributed by atoms with Crippen LogP contribution in [0.1, 0.15) is 25.4 Å². The molecule has 0 radical (unpaired) electrons. The molecule has 1 N–H and O–H groups in total. The van der Waals surface area contributed by atoms with Gasteiger partial charge in [-0.1, -0.05) is 11.3 Å². The number of aromatic nitrogens is 3. The summed E-state index contributed by atoms with van der Waals surface area (Å²) in [6, 6.07) is 0. The molecule has 7 heteroatoms. The maximum absolute atomic E-state index is 11.9. The number of hydrogen-bond donors (Lipinski definition) is 1. The summed E-state index contributed by atoms with van der Waals surface area (Å²) in [5.41, 5.74) is 0.751. The molecule has 0 spiro atoms. The lowest BCUT2D eigenvalue weighted by atomic mass is 10.4. The van der Waals surface area contributed by atoms with E-state index in [9.17, 15) is 4.79 Å². The van der Waals surface area contributed by atoms with Crippen LogP contribution in [0.3, 0.4) is 0 Å². The van der Waals surface area contributed by atoms with Crippen LogP contribution in [0, 0.1) is 20.8 Å². The fourth-order valence-corrected chi connectivity index (χ4v) is 2.64. The van der Waals surface area contributed by atoms with Crippen molar-refractivity contribution in [3.05, 3.63) is 20.6 Å². The molecule has 2 aromatic heterocycles. The quantitative estimate of drug-likeness (QED) is 0.891. The van der Waals surface area contributed by atoms with Gasteiger partial charge in [0.1, 0.15) is 9.88 Å². The fraction of sp³-hybridized carbons (Fsp3) is 0.333. The van der Waals surface area contributed by atoms with Gasteiger partial charge < -0.3 is 0 Å². The van der Waals surface area contributed by atoms with Crippen LogP contribution >= 0.6 is 22.7 Å². The molecule has 2 aromatic rings. The van der Waals surface area contributed by atoms with Crippen LogP contribution in [0.5, 0.6) is 0 Å². The van der Waals surface area contributed by atoms with E-state index in [-0.39, 0.29) is 5.91 Å². The molecule has 0 bridgehead atoms. The Balaban J connectivity index is 2.17. The van der Waals surface area contributed by atoms with Gasteiger partial charge in [-0.3, -0.25) is 10.1 Å². The van der Waals surface area contributed by atoms with Crippen LogP contribution in [0.2, 0.25) is 0 Å². The van der Waals surface area contributed by atoms with Gasteiger partial charge in [-0.05, 0) is 20.8 Å². The summed E-state index contributed by atoms with van der Waals surface area (Å²) in [4.78, 5) is 16.7. The fourth-order valence-electron chi connectivity index (χ4n) is 1.24. The molecule has 5 nitrogen and oxygen atoms in total. The van der Waals surface area contributed by atoms with Crippen LogP contribution in [0.25, 0.3) is 0 Å². The van der Waals surface area contributed by atoms with Crippen molar-refractivity contribution in [3.8, 4) is 0 Å². The summed E-state index contributed by atoms with van der Waals surface area (Å²) in [5.74, 6) is -0.167. The number of amides is 1. The molecule has 0 aliphatic rings. The number of rotatable bonds is 2. The Morgan fingerprint density at radius 1 is 1.12 bits per heavy atom. The maximum atomic E-state index is 11.9. The van der Waals surface area contributed by atoms with E-state index in [1.165, 1.54) is 22.7 Å². The number of thiazole rings is 1. The lowest BCUT2D eigenvalue weighted by Gasteiger charge is -1.97. The van der Waals surface area contributed by atoms with Crippen molar-refractivity contribution in [2.75, 3.05) is 5.32 Å². The second-order valence-corrected chi connectivity index (χ2v) is 5.61. The van der Waals surface area contributed by atoms with E-state index in [0.29, 0.717) is 10.0 Å². The van der Waals surface area contributed by atoms with Gasteiger partial charge >= 0.3 is 0 Å². The summed E-state index contributed by atoms with van der Waals surface area (Å²) in [7, 11) is 0. The smallest absolute Gasteiger partial charge is 0.269 e. The van der Waals surface area contributed by atoms with Crippen molar-refractivity contribution in [1.82, 2.24) is 15.2 Å². The average Bonchev–Trinajstić information content (AvgIpc) is 2.73. The molecule has 0 saturated carbocycles. The molecule has 1 amide bonds. The number of hydrogen-bond acceptors (Lipinski definition) is 6. The Kier molecular flexibility index (Phi) is 2.97. The maximum Gasteiger partial charge on any atom is 0.269 e. The minimum Gasteiger partial charge on any atom is -0.296 e. The summed E-state index contributed by atoms with van der Waals surface area (Å²) in [5, 5.41) is 12.6. The average molecular weight is 254 g/mol. The Morgan fingerprint density at radius 2 is 1.88 bits per heavy atom. The van der Waals surface area contributed by atoms with E-state index < -0.39 is 0 Å². The largest absolute Gasteiger partial charge is 0.296 e. The van der Waals surface area contributed by atoms with Gasteiger partial charge in [-0.2, -0.15) is 0 Å². The van der Waals surface area contributed by atoms with E-state index in [1.54, 1.807) is 0 Å². The Labute approximate surface area is 101 Å². The van der Waals surface area contributed by atoms with Gasteiger partial charge in [0.25, 0.3) is 5.91 Å². The van der Waals surface area contributed by atoms with Crippen LogP contribution in [-0.4, -0.2) is 21.1 Å². The van der Waals surface area contributed by atoms with Crippen molar-refractivity contribution in [1.29, 1.82) is 0 Å². The molecule has 0 saturated heterocycles. The zero-order chi connectivity index (χ0) is 11.7. The first-order valence-electron chi connectivity index (χ1n) is 4.62. The topological polar surface area (TPSA) is 67.8 Å². The van der Waals surface area contributed by atoms with Crippen molar-refractivity contribution in [2.24, 2.45) is 0 Å². The molecule has 0 unspecified atom stereocenters. The second kappa shape index (κ2) is 4.26. The predicted molar refractivity (Wildman–Crippen MR) is 64.2 cm³/mol. The predicted octanol–water partition coefficient (Wildman–Crippen LogP) is 2.17.